The molecule has 1 heterocycles. The van der Waals surface area contributed by atoms with Gasteiger partial charge in [0.25, 0.3) is 0 Å². The minimum absolute atomic E-state index is 0.0344. The van der Waals surface area contributed by atoms with Gasteiger partial charge in [0.05, 0.1) is 18.7 Å². The lowest BCUT2D eigenvalue weighted by Crippen LogP contribution is -2.15. The minimum atomic E-state index is -0.597. The monoisotopic (exact) mass is 300 g/mol. The van der Waals surface area contributed by atoms with Crippen molar-refractivity contribution in [3.63, 3.8) is 0 Å². The number of carbonyl (C=O) groups excluding carboxylic acids is 1. The molecule has 4 nitrogen and oxygen atoms in total. The molecular formula is C17H17FN2O2. The molecule has 22 heavy (non-hydrogen) atoms. The second kappa shape index (κ2) is 6.13. The standard InChI is InChI=1S/C17H17FN2O2/c1-22-17(21)13-9-14(18)16(19-10-13)20-15(12-7-8-12)11-5-3-2-4-6-11/h2-6,9-10,12,15H,7-8H2,1H3,(H,19,20)/t15-/m1/s1. The number of halogens is 1. The molecule has 0 saturated heterocycles. The number of hydrogen-bond acceptors (Lipinski definition) is 4. The fraction of sp³-hybridized carbons (Fsp3) is 0.294. The second-order valence-electron chi connectivity index (χ2n) is 5.42. The summed E-state index contributed by atoms with van der Waals surface area (Å²) >= 11 is 0. The number of benzene rings is 1. The second-order valence-corrected chi connectivity index (χ2v) is 5.42. The van der Waals surface area contributed by atoms with E-state index < -0.39 is 11.8 Å². The highest BCUT2D eigenvalue weighted by atomic mass is 19.1. The Morgan fingerprint density at radius 2 is 2.09 bits per heavy atom. The lowest BCUT2D eigenvalue weighted by atomic mass is 10.0. The van der Waals surface area contributed by atoms with Crippen LogP contribution in [0.25, 0.3) is 0 Å². The van der Waals surface area contributed by atoms with Crippen LogP contribution in [0.5, 0.6) is 0 Å². The number of pyridine rings is 1. The zero-order valence-electron chi connectivity index (χ0n) is 12.3. The summed E-state index contributed by atoms with van der Waals surface area (Å²) in [4.78, 5) is 15.4. The van der Waals surface area contributed by atoms with Crippen molar-refractivity contribution in [1.82, 2.24) is 4.98 Å². The zero-order chi connectivity index (χ0) is 15.5. The van der Waals surface area contributed by atoms with Gasteiger partial charge >= 0.3 is 5.97 Å². The molecule has 5 heteroatoms. The molecule has 1 aliphatic carbocycles. The van der Waals surface area contributed by atoms with Crippen LogP contribution < -0.4 is 5.32 Å². The Morgan fingerprint density at radius 1 is 1.36 bits per heavy atom. The van der Waals surface area contributed by atoms with E-state index in [1.165, 1.54) is 13.3 Å². The van der Waals surface area contributed by atoms with Crippen molar-refractivity contribution in [2.45, 2.75) is 18.9 Å². The van der Waals surface area contributed by atoms with Crippen molar-refractivity contribution in [1.29, 1.82) is 0 Å². The molecular weight excluding hydrogens is 283 g/mol. The van der Waals surface area contributed by atoms with E-state index in [0.717, 1.165) is 24.5 Å². The van der Waals surface area contributed by atoms with Crippen molar-refractivity contribution in [2.24, 2.45) is 5.92 Å². The van der Waals surface area contributed by atoms with Crippen molar-refractivity contribution >= 4 is 11.8 Å². The van der Waals surface area contributed by atoms with Crippen molar-refractivity contribution in [2.75, 3.05) is 12.4 Å². The molecule has 0 bridgehead atoms. The quantitative estimate of drug-likeness (QED) is 0.858. The lowest BCUT2D eigenvalue weighted by molar-refractivity contribution is 0.0599. The summed E-state index contributed by atoms with van der Waals surface area (Å²) in [5, 5.41) is 3.17. The smallest absolute Gasteiger partial charge is 0.339 e. The van der Waals surface area contributed by atoms with Gasteiger partial charge in [-0.15, -0.1) is 0 Å². The summed E-state index contributed by atoms with van der Waals surface area (Å²) in [7, 11) is 1.25. The van der Waals surface area contributed by atoms with E-state index in [4.69, 9.17) is 0 Å². The number of nitrogens with one attached hydrogen (secondary N) is 1. The molecule has 0 radical (unpaired) electrons. The summed E-state index contributed by atoms with van der Waals surface area (Å²) in [6, 6.07) is 11.1. The summed E-state index contributed by atoms with van der Waals surface area (Å²) in [5.74, 6) is -0.499. The molecule has 1 fully saturated rings. The Labute approximate surface area is 128 Å². The van der Waals surface area contributed by atoms with Gasteiger partial charge in [-0.2, -0.15) is 0 Å². The number of methoxy groups -OCH3 is 1. The van der Waals surface area contributed by atoms with Crippen LogP contribution in [0.15, 0.2) is 42.6 Å². The largest absolute Gasteiger partial charge is 0.465 e. The summed E-state index contributed by atoms with van der Waals surface area (Å²) < 4.78 is 18.7. The van der Waals surface area contributed by atoms with Gasteiger partial charge in [-0.05, 0) is 30.4 Å². The number of carbonyl (C=O) groups is 1. The lowest BCUT2D eigenvalue weighted by Gasteiger charge is -2.19. The van der Waals surface area contributed by atoms with Crippen LogP contribution in [-0.2, 0) is 4.74 Å². The Kier molecular flexibility index (Phi) is 4.04. The van der Waals surface area contributed by atoms with E-state index in [2.05, 4.69) is 15.0 Å². The number of esters is 1. The number of aromatic nitrogens is 1. The third-order valence-corrected chi connectivity index (χ3v) is 3.81. The predicted molar refractivity (Wildman–Crippen MR) is 81.1 cm³/mol. The third kappa shape index (κ3) is 3.08. The molecule has 1 atom stereocenters. The molecule has 1 saturated carbocycles. The van der Waals surface area contributed by atoms with Crippen LogP contribution in [-0.4, -0.2) is 18.1 Å². The zero-order valence-corrected chi connectivity index (χ0v) is 12.3. The SMILES string of the molecule is COC(=O)c1cnc(N[C@H](c2ccccc2)C2CC2)c(F)c1. The van der Waals surface area contributed by atoms with Crippen molar-refractivity contribution in [3.05, 3.63) is 59.5 Å². The van der Waals surface area contributed by atoms with Crippen LogP contribution in [0.2, 0.25) is 0 Å². The number of hydrogen-bond donors (Lipinski definition) is 1. The molecule has 1 aliphatic rings. The number of ether oxygens (including phenoxy) is 1. The first-order chi connectivity index (χ1) is 10.7. The highest BCUT2D eigenvalue weighted by Gasteiger charge is 2.33. The number of nitrogens with zero attached hydrogens (tertiary/aromatic N) is 1. The van der Waals surface area contributed by atoms with E-state index in [1.807, 2.05) is 30.3 Å². The molecule has 2 aromatic rings. The van der Waals surface area contributed by atoms with E-state index in [1.54, 1.807) is 0 Å². The molecule has 114 valence electrons. The van der Waals surface area contributed by atoms with Crippen LogP contribution in [0.1, 0.15) is 34.8 Å². The van der Waals surface area contributed by atoms with Crippen LogP contribution >= 0.6 is 0 Å². The van der Waals surface area contributed by atoms with Crippen LogP contribution in [0, 0.1) is 11.7 Å². The highest BCUT2D eigenvalue weighted by Crippen LogP contribution is 2.42. The Bertz CT molecular complexity index is 672. The van der Waals surface area contributed by atoms with Gasteiger partial charge in [-0.3, -0.25) is 0 Å². The maximum atomic E-state index is 14.2. The van der Waals surface area contributed by atoms with Crippen LogP contribution in [0.4, 0.5) is 10.2 Å². The van der Waals surface area contributed by atoms with Gasteiger partial charge in [0.2, 0.25) is 0 Å². The predicted octanol–water partition coefficient (Wildman–Crippen LogP) is 3.57. The maximum Gasteiger partial charge on any atom is 0.339 e. The first-order valence-electron chi connectivity index (χ1n) is 7.24. The fourth-order valence-corrected chi connectivity index (χ4v) is 2.48. The Morgan fingerprint density at radius 3 is 2.68 bits per heavy atom. The molecule has 1 N–H and O–H groups in total. The minimum Gasteiger partial charge on any atom is -0.465 e. The Hall–Kier alpha value is -2.43. The van der Waals surface area contributed by atoms with Gasteiger partial charge in [0.15, 0.2) is 11.6 Å². The van der Waals surface area contributed by atoms with E-state index >= 15 is 0 Å². The average Bonchev–Trinajstić information content (AvgIpc) is 3.38. The third-order valence-electron chi connectivity index (χ3n) is 3.81. The van der Waals surface area contributed by atoms with Gasteiger partial charge in [-0.25, -0.2) is 14.2 Å². The van der Waals surface area contributed by atoms with Crippen LogP contribution in [0.3, 0.4) is 0 Å². The first kappa shape index (κ1) is 14.5. The summed E-state index contributed by atoms with van der Waals surface area (Å²) in [6.07, 6.45) is 3.56. The summed E-state index contributed by atoms with van der Waals surface area (Å²) in [6.45, 7) is 0. The van der Waals surface area contributed by atoms with Gasteiger partial charge in [-0.1, -0.05) is 30.3 Å². The Balaban J connectivity index is 1.83. The summed E-state index contributed by atoms with van der Waals surface area (Å²) in [5.41, 5.74) is 1.22. The highest BCUT2D eigenvalue weighted by molar-refractivity contribution is 5.89. The van der Waals surface area contributed by atoms with E-state index in [0.29, 0.717) is 5.92 Å². The molecule has 0 unspecified atom stereocenters. The average molecular weight is 300 g/mol. The number of rotatable bonds is 5. The van der Waals surface area contributed by atoms with Gasteiger partial charge < -0.3 is 10.1 Å². The fourth-order valence-electron chi connectivity index (χ4n) is 2.48. The maximum absolute atomic E-state index is 14.2. The van der Waals surface area contributed by atoms with E-state index in [-0.39, 0.29) is 17.4 Å². The molecule has 1 aromatic heterocycles. The van der Waals surface area contributed by atoms with Crippen molar-refractivity contribution < 1.29 is 13.9 Å². The molecule has 1 aromatic carbocycles. The normalized spacial score (nSPS) is 15.2. The number of anilines is 1. The molecule has 3 rings (SSSR count). The molecule has 0 aliphatic heterocycles. The van der Waals surface area contributed by atoms with Gasteiger partial charge in [0.1, 0.15) is 0 Å². The van der Waals surface area contributed by atoms with Gasteiger partial charge in [0, 0.05) is 6.20 Å². The topological polar surface area (TPSA) is 51.2 Å². The van der Waals surface area contributed by atoms with Crippen molar-refractivity contribution in [3.8, 4) is 0 Å². The molecule has 0 amide bonds. The van der Waals surface area contributed by atoms with E-state index in [9.17, 15) is 9.18 Å². The first-order valence-corrected chi connectivity index (χ1v) is 7.24. The molecule has 0 spiro atoms.